The number of halogens is 4. The Balaban J connectivity index is 1.04. The largest absolute Gasteiger partial charge is 0.404 e. The van der Waals surface area contributed by atoms with Crippen LogP contribution >= 0.6 is 23.4 Å². The highest BCUT2D eigenvalue weighted by atomic mass is 35.5. The van der Waals surface area contributed by atoms with E-state index < -0.39 is 11.4 Å². The summed E-state index contributed by atoms with van der Waals surface area (Å²) in [5.74, 6) is -0.436. The van der Waals surface area contributed by atoms with Crippen LogP contribution < -0.4 is 5.32 Å². The van der Waals surface area contributed by atoms with Crippen LogP contribution in [-0.4, -0.2) is 89.8 Å². The second-order valence-corrected chi connectivity index (χ2v) is 12.2. The molecule has 0 bridgehead atoms. The lowest BCUT2D eigenvalue weighted by Crippen LogP contribution is -2.60. The average molecular weight is 595 g/mol. The summed E-state index contributed by atoms with van der Waals surface area (Å²) >= 11 is 7.09. The number of amides is 2. The van der Waals surface area contributed by atoms with Crippen molar-refractivity contribution < 1.29 is 22.8 Å². The van der Waals surface area contributed by atoms with Crippen molar-refractivity contribution in [1.29, 1.82) is 0 Å². The molecule has 3 aliphatic rings. The third-order valence-corrected chi connectivity index (χ3v) is 9.58. The SMILES string of the molecule is O=C(CSC(c1ccccc1)C(F)(F)F)N1CCC(N2CC(Nc3ccc(C(=O)N4CCCC4)c(Cl)c3)C2)CC1. The van der Waals surface area contributed by atoms with E-state index in [1.54, 1.807) is 29.2 Å². The van der Waals surface area contributed by atoms with E-state index >= 15 is 0 Å². The van der Waals surface area contributed by atoms with E-state index in [4.69, 9.17) is 11.6 Å². The van der Waals surface area contributed by atoms with Crippen LogP contribution in [0.3, 0.4) is 0 Å². The summed E-state index contributed by atoms with van der Waals surface area (Å²) in [7, 11) is 0. The van der Waals surface area contributed by atoms with Gasteiger partial charge in [0.25, 0.3) is 5.91 Å². The van der Waals surface area contributed by atoms with E-state index in [9.17, 15) is 22.8 Å². The Kier molecular flexibility index (Phi) is 9.17. The highest BCUT2D eigenvalue weighted by Crippen LogP contribution is 2.43. The molecule has 2 aromatic carbocycles. The van der Waals surface area contributed by atoms with Gasteiger partial charge in [0, 0.05) is 51.0 Å². The number of likely N-dealkylation sites (tertiary alicyclic amines) is 3. The Hall–Kier alpha value is -2.43. The number of alkyl halides is 3. The summed E-state index contributed by atoms with van der Waals surface area (Å²) in [6.07, 6.45) is -0.730. The van der Waals surface area contributed by atoms with Gasteiger partial charge in [-0.2, -0.15) is 13.2 Å². The van der Waals surface area contributed by atoms with Crippen LogP contribution in [-0.2, 0) is 4.79 Å². The Morgan fingerprint density at radius 2 is 1.65 bits per heavy atom. The molecule has 3 saturated heterocycles. The van der Waals surface area contributed by atoms with Gasteiger partial charge in [-0.05, 0) is 49.4 Å². The summed E-state index contributed by atoms with van der Waals surface area (Å²) < 4.78 is 40.8. The molecule has 11 heteroatoms. The number of rotatable bonds is 8. The fraction of sp³-hybridized carbons (Fsp3) is 0.517. The summed E-state index contributed by atoms with van der Waals surface area (Å²) in [5, 5.41) is 2.24. The molecule has 0 saturated carbocycles. The number of nitrogens with one attached hydrogen (secondary N) is 1. The quantitative estimate of drug-likeness (QED) is 0.425. The van der Waals surface area contributed by atoms with E-state index in [0.29, 0.717) is 41.5 Å². The smallest absolute Gasteiger partial charge is 0.380 e. The first-order valence-corrected chi connectivity index (χ1v) is 15.2. The van der Waals surface area contributed by atoms with Gasteiger partial charge in [-0.3, -0.25) is 14.5 Å². The van der Waals surface area contributed by atoms with Gasteiger partial charge < -0.3 is 15.1 Å². The van der Waals surface area contributed by atoms with Crippen molar-refractivity contribution >= 4 is 40.9 Å². The van der Waals surface area contributed by atoms with E-state index in [2.05, 4.69) is 10.2 Å². The van der Waals surface area contributed by atoms with Crippen LogP contribution in [0.1, 0.15) is 46.9 Å². The third-order valence-electron chi connectivity index (χ3n) is 7.98. The molecule has 3 heterocycles. The number of piperidine rings is 1. The minimum absolute atomic E-state index is 0.0105. The van der Waals surface area contributed by atoms with Crippen LogP contribution in [0.2, 0.25) is 5.02 Å². The lowest BCUT2D eigenvalue weighted by Gasteiger charge is -2.47. The molecule has 0 spiro atoms. The maximum absolute atomic E-state index is 13.6. The predicted octanol–water partition coefficient (Wildman–Crippen LogP) is 5.70. The number of carbonyl (C=O) groups excluding carboxylic acids is 2. The Morgan fingerprint density at radius 1 is 0.975 bits per heavy atom. The van der Waals surface area contributed by atoms with Gasteiger partial charge in [-0.1, -0.05) is 41.9 Å². The zero-order valence-corrected chi connectivity index (χ0v) is 23.8. The number of carbonyl (C=O) groups is 2. The third kappa shape index (κ3) is 6.89. The molecule has 0 aliphatic carbocycles. The van der Waals surface area contributed by atoms with Crippen molar-refractivity contribution in [2.45, 2.75) is 49.2 Å². The highest BCUT2D eigenvalue weighted by Gasteiger charge is 2.42. The average Bonchev–Trinajstić information content (AvgIpc) is 3.45. The maximum atomic E-state index is 13.6. The molecular weight excluding hydrogens is 561 g/mol. The normalized spacial score (nSPS) is 19.9. The molecule has 1 N–H and O–H groups in total. The fourth-order valence-electron chi connectivity index (χ4n) is 5.74. The number of thioether (sulfide) groups is 1. The van der Waals surface area contributed by atoms with Crippen molar-refractivity contribution in [2.75, 3.05) is 50.3 Å². The summed E-state index contributed by atoms with van der Waals surface area (Å²) in [6.45, 7) is 4.42. The molecule has 0 aromatic heterocycles. The van der Waals surface area contributed by atoms with Gasteiger partial charge in [0.15, 0.2) is 0 Å². The van der Waals surface area contributed by atoms with Gasteiger partial charge in [-0.25, -0.2) is 0 Å². The Morgan fingerprint density at radius 3 is 2.27 bits per heavy atom. The number of nitrogens with zero attached hydrogens (tertiary/aromatic N) is 3. The molecule has 0 radical (unpaired) electrons. The predicted molar refractivity (Wildman–Crippen MR) is 153 cm³/mol. The van der Waals surface area contributed by atoms with E-state index in [-0.39, 0.29) is 29.2 Å². The van der Waals surface area contributed by atoms with Gasteiger partial charge >= 0.3 is 6.18 Å². The van der Waals surface area contributed by atoms with E-state index in [1.165, 1.54) is 12.1 Å². The topological polar surface area (TPSA) is 55.9 Å². The summed E-state index contributed by atoms with van der Waals surface area (Å²) in [6, 6.07) is 13.9. The van der Waals surface area contributed by atoms with Crippen LogP contribution in [0.15, 0.2) is 48.5 Å². The molecule has 1 unspecified atom stereocenters. The zero-order valence-electron chi connectivity index (χ0n) is 22.2. The number of hydrogen-bond acceptors (Lipinski definition) is 5. The number of hydrogen-bond donors (Lipinski definition) is 1. The second-order valence-electron chi connectivity index (χ2n) is 10.7. The van der Waals surface area contributed by atoms with Crippen molar-refractivity contribution in [3.63, 3.8) is 0 Å². The molecule has 1 atom stereocenters. The minimum Gasteiger partial charge on any atom is -0.380 e. The molecule has 40 heavy (non-hydrogen) atoms. The lowest BCUT2D eigenvalue weighted by atomic mass is 9.97. The molecule has 5 rings (SSSR count). The van der Waals surface area contributed by atoms with Gasteiger partial charge in [0.05, 0.1) is 22.4 Å². The lowest BCUT2D eigenvalue weighted by molar-refractivity contribution is -0.131. The Labute approximate surface area is 242 Å². The fourth-order valence-corrected chi connectivity index (χ4v) is 7.03. The molecular formula is C29H34ClF3N4O2S. The molecule has 216 valence electrons. The molecule has 2 amide bonds. The molecule has 3 aliphatic heterocycles. The first kappa shape index (κ1) is 29.1. The van der Waals surface area contributed by atoms with Crippen LogP contribution in [0.4, 0.5) is 18.9 Å². The zero-order chi connectivity index (χ0) is 28.3. The van der Waals surface area contributed by atoms with E-state index in [0.717, 1.165) is 57.5 Å². The van der Waals surface area contributed by atoms with Gasteiger partial charge in [0.2, 0.25) is 5.91 Å². The van der Waals surface area contributed by atoms with E-state index in [1.807, 2.05) is 17.0 Å². The minimum atomic E-state index is -4.42. The number of benzene rings is 2. The summed E-state index contributed by atoms with van der Waals surface area (Å²) in [4.78, 5) is 31.3. The van der Waals surface area contributed by atoms with Crippen molar-refractivity contribution in [1.82, 2.24) is 14.7 Å². The van der Waals surface area contributed by atoms with Crippen LogP contribution in [0, 0.1) is 0 Å². The molecule has 2 aromatic rings. The summed E-state index contributed by atoms with van der Waals surface area (Å²) in [5.41, 5.74) is 1.59. The second kappa shape index (κ2) is 12.6. The van der Waals surface area contributed by atoms with Crippen LogP contribution in [0.25, 0.3) is 0 Å². The first-order chi connectivity index (χ1) is 19.2. The standard InChI is InChI=1S/C29H34ClF3N4O2S/c30-25-16-21(8-9-24(25)28(39)36-12-4-5-13-36)34-22-17-37(18-22)23-10-14-35(15-11-23)26(38)19-40-27(29(31,32)33)20-6-2-1-3-7-20/h1-3,6-9,16,22-23,27,34H,4-5,10-15,17-19H2. The van der Waals surface area contributed by atoms with Gasteiger partial charge in [-0.15, -0.1) is 11.8 Å². The van der Waals surface area contributed by atoms with Crippen molar-refractivity contribution in [2.24, 2.45) is 0 Å². The monoisotopic (exact) mass is 594 g/mol. The van der Waals surface area contributed by atoms with Crippen molar-refractivity contribution in [3.8, 4) is 0 Å². The van der Waals surface area contributed by atoms with Crippen molar-refractivity contribution in [3.05, 3.63) is 64.7 Å². The van der Waals surface area contributed by atoms with Gasteiger partial charge in [0.1, 0.15) is 5.25 Å². The Bertz CT molecular complexity index is 1180. The highest BCUT2D eigenvalue weighted by molar-refractivity contribution is 8.00. The first-order valence-electron chi connectivity index (χ1n) is 13.8. The number of anilines is 1. The molecule has 6 nitrogen and oxygen atoms in total. The maximum Gasteiger partial charge on any atom is 0.404 e. The van der Waals surface area contributed by atoms with Crippen LogP contribution in [0.5, 0.6) is 0 Å². The molecule has 3 fully saturated rings.